The zero-order valence-electron chi connectivity index (χ0n) is 21.4. The Morgan fingerprint density at radius 1 is 1.12 bits per heavy atom. The fraction of sp³-hybridized carbons (Fsp3) is 0.519. The first-order valence-corrected chi connectivity index (χ1v) is 11.7. The van der Waals surface area contributed by atoms with Crippen molar-refractivity contribution in [2.75, 3.05) is 26.7 Å². The SMILES string of the molecule is CC.CC(C)(C)OC=O.CC1CN(Cc2cccc(-c3cc(CN)ccc3F)c2)CCN1C. The number of halogens is 1. The second kappa shape index (κ2) is 14.1. The molecule has 1 saturated heterocycles. The molecule has 1 atom stereocenters. The molecule has 0 bridgehead atoms. The van der Waals surface area contributed by atoms with Gasteiger partial charge < -0.3 is 15.4 Å². The zero-order valence-corrected chi connectivity index (χ0v) is 21.4. The van der Waals surface area contributed by atoms with E-state index in [-0.39, 0.29) is 11.4 Å². The summed E-state index contributed by atoms with van der Waals surface area (Å²) in [4.78, 5) is 14.5. The molecule has 1 heterocycles. The van der Waals surface area contributed by atoms with Gasteiger partial charge in [-0.15, -0.1) is 0 Å². The van der Waals surface area contributed by atoms with Gasteiger partial charge in [0.1, 0.15) is 11.4 Å². The number of ether oxygens (including phenoxy) is 1. The van der Waals surface area contributed by atoms with E-state index >= 15 is 0 Å². The summed E-state index contributed by atoms with van der Waals surface area (Å²) in [6, 6.07) is 13.9. The highest BCUT2D eigenvalue weighted by atomic mass is 19.1. The predicted molar refractivity (Wildman–Crippen MR) is 135 cm³/mol. The summed E-state index contributed by atoms with van der Waals surface area (Å²) in [6.07, 6.45) is 0. The third-order valence-corrected chi connectivity index (χ3v) is 5.36. The lowest BCUT2D eigenvalue weighted by molar-refractivity contribution is -0.138. The van der Waals surface area contributed by atoms with Gasteiger partial charge in [0.05, 0.1) is 0 Å². The lowest BCUT2D eigenvalue weighted by atomic mass is 10.00. The molecule has 33 heavy (non-hydrogen) atoms. The standard InChI is InChI=1S/C20H26FN3.C5H10O2.C2H6/c1-15-13-24(9-8-23(15)2)14-17-4-3-5-18(10-17)19-11-16(12-22)6-7-20(19)21;1-5(2,3)7-4-6;1-2/h3-7,10-11,15H,8-9,12-14,22H2,1-2H3;4H,1-3H3;1-2H3. The molecule has 2 aromatic rings. The minimum Gasteiger partial charge on any atom is -0.462 e. The number of likely N-dealkylation sites (N-methyl/N-ethyl adjacent to an activating group) is 1. The molecule has 1 aliphatic heterocycles. The number of nitrogens with zero attached hydrogens (tertiary/aromatic N) is 2. The minimum absolute atomic E-state index is 0.197. The second-order valence-corrected chi connectivity index (χ2v) is 9.11. The molecular weight excluding hydrogens is 417 g/mol. The van der Waals surface area contributed by atoms with Crippen molar-refractivity contribution in [2.45, 2.75) is 66.3 Å². The average molecular weight is 460 g/mol. The molecule has 3 rings (SSSR count). The molecule has 2 aromatic carbocycles. The minimum atomic E-state index is -0.318. The Balaban J connectivity index is 0.000000520. The number of rotatable bonds is 5. The second-order valence-electron chi connectivity index (χ2n) is 9.11. The van der Waals surface area contributed by atoms with Gasteiger partial charge in [-0.1, -0.05) is 38.1 Å². The summed E-state index contributed by atoms with van der Waals surface area (Å²) < 4.78 is 18.8. The monoisotopic (exact) mass is 459 g/mol. The number of nitrogens with two attached hydrogens (primary N) is 1. The Hall–Kier alpha value is -2.28. The predicted octanol–water partition coefficient (Wildman–Crippen LogP) is 5.07. The van der Waals surface area contributed by atoms with Crippen molar-refractivity contribution >= 4 is 6.47 Å². The van der Waals surface area contributed by atoms with Crippen LogP contribution in [0.15, 0.2) is 42.5 Å². The average Bonchev–Trinajstić information content (AvgIpc) is 2.78. The van der Waals surface area contributed by atoms with Crippen LogP contribution in [0.3, 0.4) is 0 Å². The van der Waals surface area contributed by atoms with Gasteiger partial charge >= 0.3 is 0 Å². The van der Waals surface area contributed by atoms with Crippen LogP contribution in [0.2, 0.25) is 0 Å². The normalized spacial score (nSPS) is 16.7. The maximum absolute atomic E-state index is 14.2. The van der Waals surface area contributed by atoms with Crippen molar-refractivity contribution in [3.8, 4) is 11.1 Å². The number of carbonyl (C=O) groups is 1. The molecule has 1 unspecified atom stereocenters. The third kappa shape index (κ3) is 10.0. The van der Waals surface area contributed by atoms with Crippen molar-refractivity contribution in [2.24, 2.45) is 5.73 Å². The third-order valence-electron chi connectivity index (χ3n) is 5.36. The smallest absolute Gasteiger partial charge is 0.293 e. The molecule has 184 valence electrons. The van der Waals surface area contributed by atoms with Crippen molar-refractivity contribution < 1.29 is 13.9 Å². The van der Waals surface area contributed by atoms with Crippen LogP contribution in [0.25, 0.3) is 11.1 Å². The fourth-order valence-electron chi connectivity index (χ4n) is 3.43. The van der Waals surface area contributed by atoms with Crippen molar-refractivity contribution in [3.63, 3.8) is 0 Å². The van der Waals surface area contributed by atoms with Gasteiger partial charge in [-0.3, -0.25) is 9.69 Å². The van der Waals surface area contributed by atoms with E-state index in [9.17, 15) is 9.18 Å². The molecule has 1 fully saturated rings. The number of carbonyl (C=O) groups excluding carboxylic acids is 1. The van der Waals surface area contributed by atoms with Crippen LogP contribution in [0, 0.1) is 5.82 Å². The first kappa shape index (κ1) is 28.8. The maximum atomic E-state index is 14.2. The molecule has 5 nitrogen and oxygen atoms in total. The molecule has 2 N–H and O–H groups in total. The molecule has 0 radical (unpaired) electrons. The van der Waals surface area contributed by atoms with Gasteiger partial charge in [-0.05, 0) is 69.6 Å². The quantitative estimate of drug-likeness (QED) is 0.633. The van der Waals surface area contributed by atoms with Crippen molar-refractivity contribution in [3.05, 3.63) is 59.4 Å². The number of hydrogen-bond acceptors (Lipinski definition) is 5. The van der Waals surface area contributed by atoms with E-state index in [0.29, 0.717) is 24.6 Å². The van der Waals surface area contributed by atoms with Gasteiger partial charge in [0.15, 0.2) is 0 Å². The van der Waals surface area contributed by atoms with E-state index in [1.54, 1.807) is 6.07 Å². The summed E-state index contributed by atoms with van der Waals surface area (Å²) >= 11 is 0. The van der Waals surface area contributed by atoms with Crippen molar-refractivity contribution in [1.29, 1.82) is 0 Å². The van der Waals surface area contributed by atoms with Crippen LogP contribution >= 0.6 is 0 Å². The van der Waals surface area contributed by atoms with Crippen LogP contribution in [0.4, 0.5) is 4.39 Å². The highest BCUT2D eigenvalue weighted by molar-refractivity contribution is 5.65. The molecule has 0 aliphatic carbocycles. The summed E-state index contributed by atoms with van der Waals surface area (Å²) in [5.74, 6) is -0.197. The van der Waals surface area contributed by atoms with Crippen LogP contribution in [0.1, 0.15) is 52.7 Å². The van der Waals surface area contributed by atoms with Gasteiger partial charge in [0, 0.05) is 44.3 Å². The summed E-state index contributed by atoms with van der Waals surface area (Å²) in [6.45, 7) is 16.7. The van der Waals surface area contributed by atoms with Gasteiger partial charge in [0.2, 0.25) is 0 Å². The molecular formula is C27H42FN3O2. The number of piperazine rings is 1. The Bertz CT molecular complexity index is 852. The summed E-state index contributed by atoms with van der Waals surface area (Å²) in [7, 11) is 2.18. The van der Waals surface area contributed by atoms with Crippen molar-refractivity contribution in [1.82, 2.24) is 9.80 Å². The van der Waals surface area contributed by atoms with Gasteiger partial charge in [0.25, 0.3) is 6.47 Å². The van der Waals surface area contributed by atoms with Gasteiger partial charge in [-0.25, -0.2) is 4.39 Å². The molecule has 0 saturated carbocycles. The molecule has 1 aliphatic rings. The Morgan fingerprint density at radius 2 is 1.82 bits per heavy atom. The first-order chi connectivity index (χ1) is 15.6. The Kier molecular flexibility index (Phi) is 12.3. The summed E-state index contributed by atoms with van der Waals surface area (Å²) in [5.41, 5.74) is 9.10. The molecule has 0 amide bonds. The lowest BCUT2D eigenvalue weighted by Gasteiger charge is -2.37. The fourth-order valence-corrected chi connectivity index (χ4v) is 3.43. The van der Waals surface area contributed by atoms with Crippen LogP contribution in [-0.4, -0.2) is 54.6 Å². The zero-order chi connectivity index (χ0) is 25.0. The van der Waals surface area contributed by atoms with E-state index in [0.717, 1.165) is 37.3 Å². The summed E-state index contributed by atoms with van der Waals surface area (Å²) in [5, 5.41) is 0. The van der Waals surface area contributed by atoms with Crippen LogP contribution < -0.4 is 5.73 Å². The Morgan fingerprint density at radius 3 is 2.36 bits per heavy atom. The van der Waals surface area contributed by atoms with Crippen LogP contribution in [-0.2, 0) is 22.6 Å². The number of hydrogen-bond donors (Lipinski definition) is 1. The molecule has 0 spiro atoms. The highest BCUT2D eigenvalue weighted by Crippen LogP contribution is 2.25. The largest absolute Gasteiger partial charge is 0.462 e. The van der Waals surface area contributed by atoms with E-state index in [1.807, 2.05) is 52.8 Å². The first-order valence-electron chi connectivity index (χ1n) is 11.7. The maximum Gasteiger partial charge on any atom is 0.293 e. The van der Waals surface area contributed by atoms with E-state index < -0.39 is 0 Å². The van der Waals surface area contributed by atoms with Crippen LogP contribution in [0.5, 0.6) is 0 Å². The molecule has 6 heteroatoms. The van der Waals surface area contributed by atoms with E-state index in [1.165, 1.54) is 11.6 Å². The van der Waals surface area contributed by atoms with E-state index in [4.69, 9.17) is 5.73 Å². The molecule has 0 aromatic heterocycles. The topological polar surface area (TPSA) is 58.8 Å². The number of benzene rings is 2. The van der Waals surface area contributed by atoms with E-state index in [2.05, 4.69) is 40.6 Å². The highest BCUT2D eigenvalue weighted by Gasteiger charge is 2.20. The van der Waals surface area contributed by atoms with Gasteiger partial charge in [-0.2, -0.15) is 0 Å². The Labute approximate surface area is 199 Å². The lowest BCUT2D eigenvalue weighted by Crippen LogP contribution is -2.49.